The summed E-state index contributed by atoms with van der Waals surface area (Å²) in [7, 11) is 0. The van der Waals surface area contributed by atoms with Gasteiger partial charge in [0.25, 0.3) is 11.6 Å². The molecule has 0 fully saturated rings. The number of ether oxygens (including phenoxy) is 1. The van der Waals surface area contributed by atoms with Crippen molar-refractivity contribution in [1.29, 1.82) is 0 Å². The number of benzene rings is 2. The summed E-state index contributed by atoms with van der Waals surface area (Å²) in [6.07, 6.45) is 0. The minimum Gasteiger partial charge on any atom is -0.462 e. The van der Waals surface area contributed by atoms with Gasteiger partial charge in [-0.2, -0.15) is 0 Å². The van der Waals surface area contributed by atoms with Crippen molar-refractivity contribution in [3.63, 3.8) is 0 Å². The molecule has 0 aliphatic rings. The summed E-state index contributed by atoms with van der Waals surface area (Å²) in [5, 5.41) is 15.6. The van der Waals surface area contributed by atoms with Gasteiger partial charge in [0.15, 0.2) is 0 Å². The van der Waals surface area contributed by atoms with Gasteiger partial charge < -0.3 is 10.1 Å². The van der Waals surface area contributed by atoms with E-state index >= 15 is 0 Å². The number of nitrogens with one attached hydrogen (secondary N) is 1. The molecule has 0 aliphatic carbocycles. The van der Waals surface area contributed by atoms with E-state index in [1.54, 1.807) is 12.3 Å². The van der Waals surface area contributed by atoms with Gasteiger partial charge >= 0.3 is 5.97 Å². The van der Waals surface area contributed by atoms with Crippen molar-refractivity contribution < 1.29 is 23.6 Å². The van der Waals surface area contributed by atoms with Gasteiger partial charge in [-0.15, -0.1) is 11.3 Å². The maximum atomic E-state index is 13.2. The standard InChI is InChI=1S/C20H15FN2O5S/c1-2-28-20(25)17-15(12-7-9-13(21)10-8-12)11-29-19(17)22-18(24)14-5-3-4-6-16(14)23(26)27/h3-11H,2H2,1H3,(H,22,24). The lowest BCUT2D eigenvalue weighted by Crippen LogP contribution is -2.16. The predicted octanol–water partition coefficient (Wildman–Crippen LogP) is 4.89. The number of carbonyl (C=O) groups is 2. The molecule has 1 amide bonds. The van der Waals surface area contributed by atoms with Gasteiger partial charge in [0.1, 0.15) is 21.9 Å². The lowest BCUT2D eigenvalue weighted by atomic mass is 10.0. The maximum absolute atomic E-state index is 13.2. The van der Waals surface area contributed by atoms with E-state index in [-0.39, 0.29) is 28.4 Å². The Morgan fingerprint density at radius 2 is 1.86 bits per heavy atom. The molecule has 0 spiro atoms. The van der Waals surface area contributed by atoms with Crippen molar-refractivity contribution in [1.82, 2.24) is 0 Å². The van der Waals surface area contributed by atoms with Gasteiger partial charge in [0.2, 0.25) is 0 Å². The Bertz CT molecular complexity index is 1080. The second-order valence-electron chi connectivity index (χ2n) is 5.81. The minimum atomic E-state index is -0.727. The third-order valence-electron chi connectivity index (χ3n) is 4.00. The number of anilines is 1. The molecule has 0 unspecified atom stereocenters. The average Bonchev–Trinajstić information content (AvgIpc) is 3.12. The van der Waals surface area contributed by atoms with Gasteiger partial charge in [-0.3, -0.25) is 14.9 Å². The van der Waals surface area contributed by atoms with Crippen molar-refractivity contribution in [3.8, 4) is 11.1 Å². The molecule has 0 atom stereocenters. The van der Waals surface area contributed by atoms with E-state index in [2.05, 4.69) is 5.32 Å². The van der Waals surface area contributed by atoms with Crippen LogP contribution in [0.15, 0.2) is 53.9 Å². The number of hydrogen-bond donors (Lipinski definition) is 1. The van der Waals surface area contributed by atoms with E-state index in [0.29, 0.717) is 11.1 Å². The summed E-state index contributed by atoms with van der Waals surface area (Å²) in [4.78, 5) is 35.7. The molecule has 1 N–H and O–H groups in total. The molecule has 7 nitrogen and oxygen atoms in total. The van der Waals surface area contributed by atoms with Crippen LogP contribution in [0.3, 0.4) is 0 Å². The number of para-hydroxylation sites is 1. The third-order valence-corrected chi connectivity index (χ3v) is 4.89. The minimum absolute atomic E-state index is 0.107. The SMILES string of the molecule is CCOC(=O)c1c(-c2ccc(F)cc2)csc1NC(=O)c1ccccc1[N+](=O)[O-]. The molecule has 1 aromatic heterocycles. The number of carbonyl (C=O) groups excluding carboxylic acids is 2. The van der Waals surface area contributed by atoms with Crippen LogP contribution in [0.2, 0.25) is 0 Å². The number of thiophene rings is 1. The highest BCUT2D eigenvalue weighted by molar-refractivity contribution is 7.15. The summed E-state index contributed by atoms with van der Waals surface area (Å²) in [5.74, 6) is -1.81. The number of amides is 1. The Balaban J connectivity index is 2.01. The smallest absolute Gasteiger partial charge is 0.341 e. The number of esters is 1. The van der Waals surface area contributed by atoms with Gasteiger partial charge in [-0.05, 0) is 30.7 Å². The summed E-state index contributed by atoms with van der Waals surface area (Å²) < 4.78 is 18.3. The van der Waals surface area contributed by atoms with Crippen molar-refractivity contribution in [2.75, 3.05) is 11.9 Å². The first-order chi connectivity index (χ1) is 13.9. The normalized spacial score (nSPS) is 10.4. The van der Waals surface area contributed by atoms with Crippen molar-refractivity contribution >= 4 is 33.9 Å². The van der Waals surface area contributed by atoms with Crippen molar-refractivity contribution in [3.05, 3.63) is 81.0 Å². The monoisotopic (exact) mass is 414 g/mol. The van der Waals surface area contributed by atoms with Gasteiger partial charge in [0, 0.05) is 17.0 Å². The van der Waals surface area contributed by atoms with Crippen LogP contribution >= 0.6 is 11.3 Å². The fraction of sp³-hybridized carbons (Fsp3) is 0.100. The molecule has 148 valence electrons. The first-order valence-corrected chi connectivity index (χ1v) is 9.39. The van der Waals surface area contributed by atoms with Gasteiger partial charge in [-0.25, -0.2) is 9.18 Å². The van der Waals surface area contributed by atoms with E-state index in [1.807, 2.05) is 0 Å². The van der Waals surface area contributed by atoms with Crippen LogP contribution in [0, 0.1) is 15.9 Å². The average molecular weight is 414 g/mol. The fourth-order valence-electron chi connectivity index (χ4n) is 2.69. The van der Waals surface area contributed by atoms with Crippen LogP contribution in [0.4, 0.5) is 15.1 Å². The quantitative estimate of drug-likeness (QED) is 0.352. The number of nitrogens with zero attached hydrogens (tertiary/aromatic N) is 1. The number of nitro groups is 1. The largest absolute Gasteiger partial charge is 0.462 e. The highest BCUT2D eigenvalue weighted by atomic mass is 32.1. The first kappa shape index (κ1) is 20.2. The zero-order valence-corrected chi connectivity index (χ0v) is 16.0. The predicted molar refractivity (Wildman–Crippen MR) is 107 cm³/mol. The Morgan fingerprint density at radius 3 is 2.52 bits per heavy atom. The van der Waals surface area contributed by atoms with Gasteiger partial charge in [0.05, 0.1) is 11.5 Å². The Labute approximate surface area is 168 Å². The molecule has 2 aromatic carbocycles. The molecule has 9 heteroatoms. The van der Waals surface area contributed by atoms with Crippen LogP contribution in [0.1, 0.15) is 27.6 Å². The summed E-state index contributed by atoms with van der Waals surface area (Å²) in [6.45, 7) is 1.77. The summed E-state index contributed by atoms with van der Waals surface area (Å²) in [6, 6.07) is 11.0. The molecular weight excluding hydrogens is 399 g/mol. The molecule has 0 saturated carbocycles. The fourth-order valence-corrected chi connectivity index (χ4v) is 3.65. The molecule has 0 radical (unpaired) electrons. The van der Waals surface area contributed by atoms with E-state index in [1.165, 1.54) is 48.5 Å². The Hall–Kier alpha value is -3.59. The van der Waals surface area contributed by atoms with E-state index in [0.717, 1.165) is 11.3 Å². The zero-order valence-electron chi connectivity index (χ0n) is 15.2. The van der Waals surface area contributed by atoms with E-state index in [4.69, 9.17) is 4.74 Å². The molecule has 0 aliphatic heterocycles. The summed E-state index contributed by atoms with van der Waals surface area (Å²) in [5.41, 5.74) is 0.653. The van der Waals surface area contributed by atoms with Crippen molar-refractivity contribution in [2.45, 2.75) is 6.92 Å². The van der Waals surface area contributed by atoms with Crippen molar-refractivity contribution in [2.24, 2.45) is 0 Å². The van der Waals surface area contributed by atoms with Crippen LogP contribution in [-0.2, 0) is 4.74 Å². The first-order valence-electron chi connectivity index (χ1n) is 8.51. The van der Waals surface area contributed by atoms with Crippen LogP contribution in [-0.4, -0.2) is 23.4 Å². The molecule has 29 heavy (non-hydrogen) atoms. The van der Waals surface area contributed by atoms with Crippen LogP contribution in [0.5, 0.6) is 0 Å². The van der Waals surface area contributed by atoms with Gasteiger partial charge in [-0.1, -0.05) is 24.3 Å². The third kappa shape index (κ3) is 4.30. The lowest BCUT2D eigenvalue weighted by Gasteiger charge is -2.09. The molecule has 1 heterocycles. The topological polar surface area (TPSA) is 98.5 Å². The molecule has 0 bridgehead atoms. The second-order valence-corrected chi connectivity index (χ2v) is 6.69. The number of nitro benzene ring substituents is 1. The summed E-state index contributed by atoms with van der Waals surface area (Å²) >= 11 is 1.07. The molecular formula is C20H15FN2O5S. The molecule has 3 rings (SSSR count). The Morgan fingerprint density at radius 1 is 1.17 bits per heavy atom. The van der Waals surface area contributed by atoms with E-state index < -0.39 is 22.6 Å². The highest BCUT2D eigenvalue weighted by Crippen LogP contribution is 2.37. The zero-order chi connectivity index (χ0) is 21.0. The molecule has 3 aromatic rings. The number of hydrogen-bond acceptors (Lipinski definition) is 6. The van der Waals surface area contributed by atoms with E-state index in [9.17, 15) is 24.1 Å². The number of halogens is 1. The molecule has 0 saturated heterocycles. The second kappa shape index (κ2) is 8.61. The lowest BCUT2D eigenvalue weighted by molar-refractivity contribution is -0.385. The van der Waals surface area contributed by atoms with Crippen LogP contribution in [0.25, 0.3) is 11.1 Å². The number of rotatable bonds is 6. The Kier molecular flexibility index (Phi) is 5.99. The van der Waals surface area contributed by atoms with Crippen LogP contribution < -0.4 is 5.32 Å². The maximum Gasteiger partial charge on any atom is 0.341 e. The highest BCUT2D eigenvalue weighted by Gasteiger charge is 2.25.